The first-order valence-corrected chi connectivity index (χ1v) is 13.2. The first kappa shape index (κ1) is 30.7. The van der Waals surface area contributed by atoms with Crippen LogP contribution in [-0.2, 0) is 30.4 Å². The van der Waals surface area contributed by atoms with Gasteiger partial charge in [-0.05, 0) is 37.2 Å². The van der Waals surface area contributed by atoms with Crippen molar-refractivity contribution in [1.29, 1.82) is 0 Å². The highest BCUT2D eigenvalue weighted by atomic mass is 16.2. The standard InChI is InChI=1S/C28H41N5O5/c1-5-11-21(24(34)27(37)30-15-6-2)31-26(36)22-14-10-16-33(22)28(38)23(18(3)4)32-25(35)20(29)17-19-12-8-7-9-13-19/h6-9,12-13,18,20-23H,2,5,10-11,14-17,29H2,1,3-4H3,(H,30,37)(H,31,36)(H,32,35). The third-order valence-corrected chi connectivity index (χ3v) is 6.55. The quantitative estimate of drug-likeness (QED) is 0.208. The fraction of sp³-hybridized carbons (Fsp3) is 0.536. The molecule has 1 aromatic carbocycles. The molecular weight excluding hydrogens is 486 g/mol. The summed E-state index contributed by atoms with van der Waals surface area (Å²) < 4.78 is 0. The molecule has 1 saturated heterocycles. The molecular formula is C28H41N5O5. The molecule has 1 aliphatic heterocycles. The minimum Gasteiger partial charge on any atom is -0.346 e. The minimum absolute atomic E-state index is 0.138. The maximum Gasteiger partial charge on any atom is 0.289 e. The number of amides is 4. The van der Waals surface area contributed by atoms with Crippen LogP contribution in [0.15, 0.2) is 43.0 Å². The van der Waals surface area contributed by atoms with Crippen molar-refractivity contribution in [3.05, 3.63) is 48.6 Å². The molecule has 0 aromatic heterocycles. The van der Waals surface area contributed by atoms with Crippen molar-refractivity contribution in [2.45, 2.75) is 77.0 Å². The molecule has 0 spiro atoms. The van der Waals surface area contributed by atoms with Gasteiger partial charge in [-0.3, -0.25) is 24.0 Å². The molecule has 4 amide bonds. The van der Waals surface area contributed by atoms with Crippen molar-refractivity contribution in [3.63, 3.8) is 0 Å². The number of likely N-dealkylation sites (tertiary alicyclic amines) is 1. The van der Waals surface area contributed by atoms with Crippen LogP contribution < -0.4 is 21.7 Å². The number of nitrogens with one attached hydrogen (secondary N) is 3. The van der Waals surface area contributed by atoms with Crippen molar-refractivity contribution in [1.82, 2.24) is 20.9 Å². The third-order valence-electron chi connectivity index (χ3n) is 6.55. The van der Waals surface area contributed by atoms with Gasteiger partial charge in [-0.25, -0.2) is 0 Å². The van der Waals surface area contributed by atoms with Crippen molar-refractivity contribution < 1.29 is 24.0 Å². The van der Waals surface area contributed by atoms with Gasteiger partial charge in [-0.1, -0.05) is 63.6 Å². The van der Waals surface area contributed by atoms with E-state index in [0.29, 0.717) is 32.2 Å². The van der Waals surface area contributed by atoms with Crippen molar-refractivity contribution >= 4 is 29.4 Å². The Balaban J connectivity index is 2.09. The predicted molar refractivity (Wildman–Crippen MR) is 145 cm³/mol. The van der Waals surface area contributed by atoms with Gasteiger partial charge in [0.25, 0.3) is 5.91 Å². The van der Waals surface area contributed by atoms with E-state index in [1.54, 1.807) is 0 Å². The highest BCUT2D eigenvalue weighted by Gasteiger charge is 2.40. The number of ketones is 1. The van der Waals surface area contributed by atoms with Crippen LogP contribution in [0.25, 0.3) is 0 Å². The predicted octanol–water partition coefficient (Wildman–Crippen LogP) is 0.844. The van der Waals surface area contributed by atoms with Gasteiger partial charge in [-0.15, -0.1) is 6.58 Å². The second kappa shape index (κ2) is 15.0. The Hall–Kier alpha value is -3.53. The molecule has 0 radical (unpaired) electrons. The first-order chi connectivity index (χ1) is 18.1. The molecule has 0 bridgehead atoms. The molecule has 2 rings (SSSR count). The van der Waals surface area contributed by atoms with Crippen LogP contribution in [-0.4, -0.2) is 71.6 Å². The van der Waals surface area contributed by atoms with Crippen LogP contribution in [0, 0.1) is 5.92 Å². The van der Waals surface area contributed by atoms with Gasteiger partial charge in [-0.2, -0.15) is 0 Å². The SMILES string of the molecule is C=CCNC(=O)C(=O)C(CCC)NC(=O)C1CCCN1C(=O)C(NC(=O)C(N)Cc1ccccc1)C(C)C. The van der Waals surface area contributed by atoms with E-state index < -0.39 is 47.7 Å². The lowest BCUT2D eigenvalue weighted by Crippen LogP contribution is -2.58. The zero-order chi connectivity index (χ0) is 28.2. The maximum atomic E-state index is 13.5. The number of nitrogens with zero attached hydrogens (tertiary/aromatic N) is 1. The Morgan fingerprint density at radius 2 is 1.82 bits per heavy atom. The monoisotopic (exact) mass is 527 g/mol. The number of benzene rings is 1. The molecule has 0 aliphatic carbocycles. The number of hydrogen-bond donors (Lipinski definition) is 4. The van der Waals surface area contributed by atoms with Crippen LogP contribution in [0.2, 0.25) is 0 Å². The van der Waals surface area contributed by atoms with E-state index >= 15 is 0 Å². The van der Waals surface area contributed by atoms with E-state index in [1.165, 1.54) is 11.0 Å². The Labute approximate surface area is 224 Å². The summed E-state index contributed by atoms with van der Waals surface area (Å²) in [7, 11) is 0. The lowest BCUT2D eigenvalue weighted by molar-refractivity contribution is -0.144. The van der Waals surface area contributed by atoms with Crippen LogP contribution in [0.4, 0.5) is 0 Å². The Bertz CT molecular complexity index is 997. The normalized spacial score (nSPS) is 17.3. The van der Waals surface area contributed by atoms with Gasteiger partial charge >= 0.3 is 0 Å². The number of carbonyl (C=O) groups is 5. The van der Waals surface area contributed by atoms with Crippen molar-refractivity contribution in [3.8, 4) is 0 Å². The minimum atomic E-state index is -0.994. The molecule has 4 atom stereocenters. The summed E-state index contributed by atoms with van der Waals surface area (Å²) in [6.45, 7) is 9.46. The molecule has 5 N–H and O–H groups in total. The zero-order valence-electron chi connectivity index (χ0n) is 22.6. The molecule has 38 heavy (non-hydrogen) atoms. The number of rotatable bonds is 14. The number of hydrogen-bond acceptors (Lipinski definition) is 6. The summed E-state index contributed by atoms with van der Waals surface area (Å²) in [6, 6.07) is 5.87. The lowest BCUT2D eigenvalue weighted by Gasteiger charge is -2.31. The van der Waals surface area contributed by atoms with E-state index in [-0.39, 0.29) is 24.8 Å². The highest BCUT2D eigenvalue weighted by molar-refractivity contribution is 6.38. The van der Waals surface area contributed by atoms with Crippen LogP contribution in [0.3, 0.4) is 0 Å². The average Bonchev–Trinajstić information content (AvgIpc) is 3.39. The molecule has 0 saturated carbocycles. The van der Waals surface area contributed by atoms with E-state index in [1.807, 2.05) is 51.1 Å². The number of Topliss-reactive ketones (excluding diaryl/α,β-unsaturated/α-hetero) is 1. The molecule has 1 aliphatic rings. The molecule has 10 nitrogen and oxygen atoms in total. The van der Waals surface area contributed by atoms with E-state index in [4.69, 9.17) is 5.73 Å². The van der Waals surface area contributed by atoms with Crippen LogP contribution in [0.5, 0.6) is 0 Å². The van der Waals surface area contributed by atoms with Gasteiger partial charge in [0.05, 0.1) is 12.1 Å². The molecule has 1 aromatic rings. The fourth-order valence-electron chi connectivity index (χ4n) is 4.45. The summed E-state index contributed by atoms with van der Waals surface area (Å²) in [5.74, 6) is -3.09. The van der Waals surface area contributed by atoms with Crippen molar-refractivity contribution in [2.24, 2.45) is 11.7 Å². The van der Waals surface area contributed by atoms with E-state index in [9.17, 15) is 24.0 Å². The Morgan fingerprint density at radius 3 is 2.42 bits per heavy atom. The number of nitrogens with two attached hydrogens (primary N) is 1. The van der Waals surface area contributed by atoms with Crippen LogP contribution >= 0.6 is 0 Å². The third kappa shape index (κ3) is 8.51. The van der Waals surface area contributed by atoms with E-state index in [0.717, 1.165) is 5.56 Å². The summed E-state index contributed by atoms with van der Waals surface area (Å²) in [5.41, 5.74) is 7.03. The second-order valence-electron chi connectivity index (χ2n) is 9.93. The molecule has 208 valence electrons. The summed E-state index contributed by atoms with van der Waals surface area (Å²) in [4.78, 5) is 65.8. The highest BCUT2D eigenvalue weighted by Crippen LogP contribution is 2.21. The fourth-order valence-corrected chi connectivity index (χ4v) is 4.45. The largest absolute Gasteiger partial charge is 0.346 e. The molecule has 1 fully saturated rings. The van der Waals surface area contributed by atoms with Gasteiger partial charge in [0.2, 0.25) is 23.5 Å². The first-order valence-electron chi connectivity index (χ1n) is 13.2. The van der Waals surface area contributed by atoms with Gasteiger partial charge in [0, 0.05) is 13.1 Å². The Morgan fingerprint density at radius 1 is 1.13 bits per heavy atom. The maximum absolute atomic E-state index is 13.5. The lowest BCUT2D eigenvalue weighted by atomic mass is 10.00. The van der Waals surface area contributed by atoms with E-state index in [2.05, 4.69) is 22.5 Å². The summed E-state index contributed by atoms with van der Waals surface area (Å²) in [5, 5.41) is 7.90. The summed E-state index contributed by atoms with van der Waals surface area (Å²) >= 11 is 0. The second-order valence-corrected chi connectivity index (χ2v) is 9.93. The van der Waals surface area contributed by atoms with Gasteiger partial charge in [0.1, 0.15) is 12.1 Å². The average molecular weight is 528 g/mol. The topological polar surface area (TPSA) is 151 Å². The molecule has 10 heteroatoms. The van der Waals surface area contributed by atoms with Gasteiger partial charge < -0.3 is 26.6 Å². The smallest absolute Gasteiger partial charge is 0.289 e. The zero-order valence-corrected chi connectivity index (χ0v) is 22.6. The molecule has 1 heterocycles. The van der Waals surface area contributed by atoms with Crippen molar-refractivity contribution in [2.75, 3.05) is 13.1 Å². The van der Waals surface area contributed by atoms with Gasteiger partial charge in [0.15, 0.2) is 0 Å². The van der Waals surface area contributed by atoms with Crippen LogP contribution in [0.1, 0.15) is 52.0 Å². The summed E-state index contributed by atoms with van der Waals surface area (Å²) in [6.07, 6.45) is 3.66. The number of carbonyl (C=O) groups excluding carboxylic acids is 5. The Kier molecular flexibility index (Phi) is 12.1. The molecule has 4 unspecified atom stereocenters.